The van der Waals surface area contributed by atoms with E-state index in [1.54, 1.807) is 10.8 Å². The number of pyridine rings is 2. The first kappa shape index (κ1) is 15.2. The highest BCUT2D eigenvalue weighted by Gasteiger charge is 2.14. The normalized spacial score (nSPS) is 12.1. The second kappa shape index (κ2) is 6.16. The number of nitrogens with zero attached hydrogens (tertiary/aromatic N) is 3. The van der Waals surface area contributed by atoms with Gasteiger partial charge in [0.15, 0.2) is 0 Å². The van der Waals surface area contributed by atoms with E-state index in [1.807, 2.05) is 69.3 Å². The first-order valence-electron chi connectivity index (χ1n) is 7.69. The van der Waals surface area contributed by atoms with Crippen LogP contribution in [0.25, 0.3) is 10.9 Å². The van der Waals surface area contributed by atoms with Crippen molar-refractivity contribution in [3.8, 4) is 0 Å². The van der Waals surface area contributed by atoms with Crippen LogP contribution < -0.4 is 5.49 Å². The van der Waals surface area contributed by atoms with Crippen LogP contribution in [0.3, 0.4) is 0 Å². The number of hydrogen-bond donors (Lipinski definition) is 0. The highest BCUT2D eigenvalue weighted by Crippen LogP contribution is 2.18. The van der Waals surface area contributed by atoms with Crippen molar-refractivity contribution >= 4 is 16.8 Å². The van der Waals surface area contributed by atoms with Gasteiger partial charge in [0.05, 0.1) is 11.1 Å². The molecule has 0 saturated carbocycles. The molecule has 3 rings (SSSR count). The molecule has 4 nitrogen and oxygen atoms in total. The van der Waals surface area contributed by atoms with E-state index in [0.717, 1.165) is 16.6 Å². The fourth-order valence-electron chi connectivity index (χ4n) is 2.59. The van der Waals surface area contributed by atoms with Crippen molar-refractivity contribution in [3.05, 3.63) is 71.5 Å². The summed E-state index contributed by atoms with van der Waals surface area (Å²) in [5, 5.41) is 0.856. The molecular weight excluding hydrogens is 286 g/mol. The Bertz CT molecular complexity index is 938. The van der Waals surface area contributed by atoms with Gasteiger partial charge >= 0.3 is 0 Å². The number of fused-ring (bicyclic) bond motifs is 1. The zero-order valence-electron chi connectivity index (χ0n) is 13.5. The van der Waals surface area contributed by atoms with Gasteiger partial charge in [0, 0.05) is 23.3 Å². The lowest BCUT2D eigenvalue weighted by Crippen LogP contribution is -2.28. The summed E-state index contributed by atoms with van der Waals surface area (Å²) in [6.45, 7) is 5.89. The second-order valence-electron chi connectivity index (χ2n) is 5.79. The Kier molecular flexibility index (Phi) is 4.06. The highest BCUT2D eigenvalue weighted by molar-refractivity contribution is 6.07. The maximum absolute atomic E-state index is 13.1. The maximum atomic E-state index is 13.1. The fraction of sp³-hybridized carbons (Fsp3) is 0.211. The molecule has 0 aliphatic carbocycles. The Balaban J connectivity index is 2.23. The molecule has 4 heteroatoms. The average Bonchev–Trinajstić information content (AvgIpc) is 2.53. The van der Waals surface area contributed by atoms with Crippen LogP contribution in [0, 0.1) is 6.92 Å². The summed E-state index contributed by atoms with van der Waals surface area (Å²) in [7, 11) is 0. The number of carbonyl (C=O) groups excluding carboxylic acids is 1. The number of aromatic nitrogens is 2. The zero-order valence-corrected chi connectivity index (χ0v) is 13.5. The Hall–Kier alpha value is -2.75. The minimum absolute atomic E-state index is 0.0910. The van der Waals surface area contributed by atoms with E-state index in [0.29, 0.717) is 11.1 Å². The van der Waals surface area contributed by atoms with Crippen LogP contribution >= 0.6 is 0 Å². The van der Waals surface area contributed by atoms with Crippen molar-refractivity contribution < 1.29 is 4.79 Å². The van der Waals surface area contributed by atoms with Gasteiger partial charge in [0.1, 0.15) is 5.49 Å². The van der Waals surface area contributed by atoms with Gasteiger partial charge < -0.3 is 0 Å². The van der Waals surface area contributed by atoms with Crippen LogP contribution in [0.4, 0.5) is 0 Å². The van der Waals surface area contributed by atoms with Crippen molar-refractivity contribution in [3.63, 3.8) is 0 Å². The number of para-hydroxylation sites is 1. The number of carbonyl (C=O) groups is 1. The minimum Gasteiger partial charge on any atom is -0.268 e. The smallest absolute Gasteiger partial charge is 0.264 e. The number of benzene rings is 1. The van der Waals surface area contributed by atoms with Crippen LogP contribution in [0.5, 0.6) is 0 Å². The van der Waals surface area contributed by atoms with Crippen LogP contribution in [0.15, 0.2) is 59.7 Å². The third-order valence-corrected chi connectivity index (χ3v) is 3.52. The molecule has 23 heavy (non-hydrogen) atoms. The van der Waals surface area contributed by atoms with Gasteiger partial charge in [-0.3, -0.25) is 19.3 Å². The Morgan fingerprint density at radius 1 is 1.13 bits per heavy atom. The molecule has 0 fully saturated rings. The van der Waals surface area contributed by atoms with Crippen LogP contribution in [0.1, 0.15) is 29.9 Å². The summed E-state index contributed by atoms with van der Waals surface area (Å²) in [6.07, 6.45) is 1.76. The van der Waals surface area contributed by atoms with E-state index >= 15 is 0 Å². The van der Waals surface area contributed by atoms with Crippen molar-refractivity contribution in [1.82, 2.24) is 9.55 Å². The van der Waals surface area contributed by atoms with Gasteiger partial charge in [-0.1, -0.05) is 24.3 Å². The summed E-state index contributed by atoms with van der Waals surface area (Å²) in [6, 6.07) is 15.2. The van der Waals surface area contributed by atoms with Crippen molar-refractivity contribution in [1.29, 1.82) is 0 Å². The predicted octanol–water partition coefficient (Wildman–Crippen LogP) is 3.34. The van der Waals surface area contributed by atoms with Crippen molar-refractivity contribution in [2.24, 2.45) is 4.99 Å². The molecular formula is C19H19N3O. The SMILES string of the molecule is Cc1cc(C(=O)n2ccccc2=NC(C)C)c2ccccc2n1. The second-order valence-corrected chi connectivity index (χ2v) is 5.79. The van der Waals surface area contributed by atoms with Crippen LogP contribution in [-0.2, 0) is 0 Å². The van der Waals surface area contributed by atoms with Gasteiger partial charge in [-0.25, -0.2) is 0 Å². The molecule has 116 valence electrons. The van der Waals surface area contributed by atoms with E-state index in [1.165, 1.54) is 0 Å². The lowest BCUT2D eigenvalue weighted by Gasteiger charge is -2.10. The highest BCUT2D eigenvalue weighted by atomic mass is 16.2. The predicted molar refractivity (Wildman–Crippen MR) is 91.3 cm³/mol. The number of hydrogen-bond acceptors (Lipinski definition) is 3. The molecule has 0 spiro atoms. The standard InChI is InChI=1S/C19H19N3O/c1-13(2)20-18-10-6-7-11-22(18)19(23)16-12-14(3)21-17-9-5-4-8-15(16)17/h4-13H,1-3H3. The first-order valence-corrected chi connectivity index (χ1v) is 7.69. The molecule has 2 heterocycles. The van der Waals surface area contributed by atoms with Gasteiger partial charge in [-0.2, -0.15) is 0 Å². The summed E-state index contributed by atoms with van der Waals surface area (Å²) in [5.41, 5.74) is 2.95. The molecule has 0 unspecified atom stereocenters. The third kappa shape index (κ3) is 3.06. The van der Waals surface area contributed by atoms with Crippen LogP contribution in [0.2, 0.25) is 0 Å². The summed E-state index contributed by atoms with van der Waals surface area (Å²) in [5.74, 6) is -0.0910. The topological polar surface area (TPSA) is 47.2 Å². The van der Waals surface area contributed by atoms with E-state index in [9.17, 15) is 4.79 Å². The quantitative estimate of drug-likeness (QED) is 0.729. The van der Waals surface area contributed by atoms with E-state index in [2.05, 4.69) is 9.98 Å². The van der Waals surface area contributed by atoms with Gasteiger partial charge in [0.2, 0.25) is 0 Å². The van der Waals surface area contributed by atoms with E-state index < -0.39 is 0 Å². The largest absolute Gasteiger partial charge is 0.268 e. The lowest BCUT2D eigenvalue weighted by molar-refractivity contribution is 0.0956. The molecule has 0 bridgehead atoms. The van der Waals surface area contributed by atoms with Crippen molar-refractivity contribution in [2.75, 3.05) is 0 Å². The molecule has 0 atom stereocenters. The van der Waals surface area contributed by atoms with Crippen molar-refractivity contribution in [2.45, 2.75) is 26.8 Å². The summed E-state index contributed by atoms with van der Waals surface area (Å²) < 4.78 is 1.60. The monoisotopic (exact) mass is 305 g/mol. The molecule has 2 aromatic heterocycles. The molecule has 1 aromatic carbocycles. The Labute approximate surface area is 135 Å². The Morgan fingerprint density at radius 3 is 2.65 bits per heavy atom. The lowest BCUT2D eigenvalue weighted by atomic mass is 10.1. The molecule has 0 amide bonds. The summed E-state index contributed by atoms with van der Waals surface area (Å²) in [4.78, 5) is 22.1. The maximum Gasteiger partial charge on any atom is 0.264 e. The first-order chi connectivity index (χ1) is 11.1. The van der Waals surface area contributed by atoms with Crippen LogP contribution in [-0.4, -0.2) is 21.5 Å². The van der Waals surface area contributed by atoms with E-state index in [4.69, 9.17) is 0 Å². The molecule has 3 aromatic rings. The molecule has 0 aliphatic heterocycles. The average molecular weight is 305 g/mol. The van der Waals surface area contributed by atoms with Gasteiger partial charge in [-0.15, -0.1) is 0 Å². The number of aryl methyl sites for hydroxylation is 1. The molecule has 0 aliphatic rings. The van der Waals surface area contributed by atoms with Gasteiger partial charge in [0.25, 0.3) is 5.91 Å². The van der Waals surface area contributed by atoms with Gasteiger partial charge in [-0.05, 0) is 45.0 Å². The fourth-order valence-corrected chi connectivity index (χ4v) is 2.59. The molecule has 0 radical (unpaired) electrons. The summed E-state index contributed by atoms with van der Waals surface area (Å²) >= 11 is 0. The molecule has 0 saturated heterocycles. The Morgan fingerprint density at radius 2 is 1.87 bits per heavy atom. The van der Waals surface area contributed by atoms with E-state index in [-0.39, 0.29) is 11.9 Å². The number of rotatable bonds is 2. The zero-order chi connectivity index (χ0) is 16.4. The molecule has 0 N–H and O–H groups in total. The minimum atomic E-state index is -0.0910. The third-order valence-electron chi connectivity index (χ3n) is 3.52.